The lowest BCUT2D eigenvalue weighted by Crippen LogP contribution is -2.49. The maximum absolute atomic E-state index is 2.75. The summed E-state index contributed by atoms with van der Waals surface area (Å²) in [4.78, 5) is 0. The minimum Gasteiger partial charge on any atom is -0.0845 e. The van der Waals surface area contributed by atoms with E-state index in [-0.39, 0.29) is 0 Å². The van der Waals surface area contributed by atoms with E-state index in [9.17, 15) is 0 Å². The van der Waals surface area contributed by atoms with Crippen molar-refractivity contribution in [2.24, 2.45) is 46.3 Å². The van der Waals surface area contributed by atoms with Crippen molar-refractivity contribution < 1.29 is 0 Å². The van der Waals surface area contributed by atoms with Gasteiger partial charge in [0.15, 0.2) is 0 Å². The van der Waals surface area contributed by atoms with Crippen molar-refractivity contribution in [3.63, 3.8) is 0 Å². The van der Waals surface area contributed by atoms with E-state index in [1.54, 1.807) is 6.42 Å². The maximum Gasteiger partial charge on any atom is -0.00851 e. The summed E-state index contributed by atoms with van der Waals surface area (Å²) >= 11 is 0. The highest BCUT2D eigenvalue weighted by atomic mass is 14.6. The normalized spacial score (nSPS) is 46.6. The van der Waals surface area contributed by atoms with Crippen molar-refractivity contribution in [2.45, 2.75) is 112 Å². The van der Waals surface area contributed by atoms with Crippen molar-refractivity contribution >= 4 is 0 Å². The molecule has 4 aliphatic rings. The Morgan fingerprint density at radius 1 is 1.00 bits per heavy atom. The molecule has 0 nitrogen and oxygen atoms in total. The van der Waals surface area contributed by atoms with Crippen LogP contribution < -0.4 is 0 Å². The Balaban J connectivity index is 1.46. The predicted octanol–water partition coefficient (Wildman–Crippen LogP) is 8.42. The molecule has 27 heavy (non-hydrogen) atoms. The minimum atomic E-state index is 0.562. The van der Waals surface area contributed by atoms with E-state index in [1.165, 1.54) is 70.6 Å². The van der Waals surface area contributed by atoms with Gasteiger partial charge in [-0.25, -0.2) is 0 Å². The fraction of sp³-hybridized carbons (Fsp3) is 0.926. The molecule has 0 aromatic rings. The van der Waals surface area contributed by atoms with Gasteiger partial charge in [-0.15, -0.1) is 0 Å². The van der Waals surface area contributed by atoms with Gasteiger partial charge in [0.2, 0.25) is 0 Å². The zero-order valence-corrected chi connectivity index (χ0v) is 19.0. The third-order valence-electron chi connectivity index (χ3n) is 10.1. The van der Waals surface area contributed by atoms with Crippen LogP contribution in [0.1, 0.15) is 112 Å². The predicted molar refractivity (Wildman–Crippen MR) is 118 cm³/mol. The van der Waals surface area contributed by atoms with Crippen LogP contribution in [0.2, 0.25) is 0 Å². The van der Waals surface area contributed by atoms with E-state index >= 15 is 0 Å². The van der Waals surface area contributed by atoms with E-state index in [0.29, 0.717) is 10.8 Å². The summed E-state index contributed by atoms with van der Waals surface area (Å²) in [5.74, 6) is 5.88. The quantitative estimate of drug-likeness (QED) is 0.336. The molecule has 3 fully saturated rings. The van der Waals surface area contributed by atoms with Crippen molar-refractivity contribution in [1.29, 1.82) is 0 Å². The maximum atomic E-state index is 2.75. The standard InChI is InChI=1S/C27H46/c1-19(2)8-6-7-9-21-11-13-24-23-12-10-22-18-20(3)14-16-27(22,5)25(23)15-17-26(21,24)4/h10,19-21,23-25H,6-9,11-18H2,1-5H3/t20?,21-,23?,24-,25-,26+,27-/m0/s1. The zero-order valence-electron chi connectivity index (χ0n) is 19.0. The number of allylic oxidation sites excluding steroid dienone is 2. The van der Waals surface area contributed by atoms with Crippen LogP contribution in [0.5, 0.6) is 0 Å². The van der Waals surface area contributed by atoms with Gasteiger partial charge in [-0.1, -0.05) is 65.5 Å². The smallest absolute Gasteiger partial charge is 0.00851 e. The van der Waals surface area contributed by atoms with Crippen molar-refractivity contribution in [3.8, 4) is 0 Å². The molecule has 0 heterocycles. The topological polar surface area (TPSA) is 0 Å². The van der Waals surface area contributed by atoms with Crippen LogP contribution in [0.15, 0.2) is 11.6 Å². The summed E-state index contributed by atoms with van der Waals surface area (Å²) in [6.07, 6.45) is 20.6. The molecule has 4 aliphatic carbocycles. The van der Waals surface area contributed by atoms with Crippen LogP contribution in [0.25, 0.3) is 0 Å². The second-order valence-electron chi connectivity index (χ2n) is 12.1. The molecule has 0 aromatic heterocycles. The SMILES string of the molecule is CC(C)CCCC[C@H]1CC[C@H]2C3CC=C4CC(C)CC[C@]4(C)[C@H]3CC[C@]12C. The Morgan fingerprint density at radius 3 is 2.59 bits per heavy atom. The highest BCUT2D eigenvalue weighted by Gasteiger charge is 2.58. The Morgan fingerprint density at radius 2 is 1.81 bits per heavy atom. The Kier molecular flexibility index (Phi) is 5.59. The fourth-order valence-corrected chi connectivity index (χ4v) is 8.37. The van der Waals surface area contributed by atoms with Crippen LogP contribution in [0, 0.1) is 46.3 Å². The summed E-state index contributed by atoms with van der Waals surface area (Å²) in [6, 6.07) is 0. The molecule has 0 amide bonds. The van der Waals surface area contributed by atoms with Gasteiger partial charge >= 0.3 is 0 Å². The molecule has 2 unspecified atom stereocenters. The Hall–Kier alpha value is -0.260. The van der Waals surface area contributed by atoms with Gasteiger partial charge in [0.25, 0.3) is 0 Å². The Labute approximate surface area is 170 Å². The lowest BCUT2D eigenvalue weighted by atomic mass is 9.47. The third kappa shape index (κ3) is 3.46. The molecule has 3 saturated carbocycles. The molecule has 0 heteroatoms. The summed E-state index contributed by atoms with van der Waals surface area (Å²) < 4.78 is 0. The average Bonchev–Trinajstić information content (AvgIpc) is 2.96. The van der Waals surface area contributed by atoms with Gasteiger partial charge in [-0.05, 0) is 104 Å². The highest BCUT2D eigenvalue weighted by Crippen LogP contribution is 2.67. The van der Waals surface area contributed by atoms with Gasteiger partial charge in [0.1, 0.15) is 0 Å². The van der Waals surface area contributed by atoms with E-state index in [0.717, 1.165) is 35.5 Å². The second kappa shape index (κ2) is 7.53. The molecular formula is C27H46. The molecule has 7 atom stereocenters. The molecule has 154 valence electrons. The number of hydrogen-bond acceptors (Lipinski definition) is 0. The average molecular weight is 371 g/mol. The van der Waals surface area contributed by atoms with E-state index in [4.69, 9.17) is 0 Å². The number of rotatable bonds is 5. The van der Waals surface area contributed by atoms with Crippen LogP contribution >= 0.6 is 0 Å². The molecule has 0 aliphatic heterocycles. The molecule has 0 spiro atoms. The van der Waals surface area contributed by atoms with Crippen molar-refractivity contribution in [1.82, 2.24) is 0 Å². The van der Waals surface area contributed by atoms with E-state index in [2.05, 4.69) is 40.7 Å². The van der Waals surface area contributed by atoms with Crippen LogP contribution in [-0.2, 0) is 0 Å². The van der Waals surface area contributed by atoms with Crippen LogP contribution in [-0.4, -0.2) is 0 Å². The molecular weight excluding hydrogens is 324 g/mol. The summed E-state index contributed by atoms with van der Waals surface area (Å²) in [6.45, 7) is 12.6. The minimum absolute atomic E-state index is 0.562. The zero-order chi connectivity index (χ0) is 19.2. The van der Waals surface area contributed by atoms with Gasteiger partial charge in [0, 0.05) is 0 Å². The summed E-state index contributed by atoms with van der Waals surface area (Å²) in [5.41, 5.74) is 3.10. The van der Waals surface area contributed by atoms with Gasteiger partial charge < -0.3 is 0 Å². The van der Waals surface area contributed by atoms with E-state index < -0.39 is 0 Å². The van der Waals surface area contributed by atoms with Crippen LogP contribution in [0.3, 0.4) is 0 Å². The first-order chi connectivity index (χ1) is 12.8. The second-order valence-corrected chi connectivity index (χ2v) is 12.1. The van der Waals surface area contributed by atoms with Gasteiger partial charge in [-0.2, -0.15) is 0 Å². The monoisotopic (exact) mass is 370 g/mol. The molecule has 0 radical (unpaired) electrons. The molecule has 0 aromatic carbocycles. The first kappa shape index (κ1) is 20.0. The third-order valence-corrected chi connectivity index (χ3v) is 10.1. The van der Waals surface area contributed by atoms with Gasteiger partial charge in [0.05, 0.1) is 0 Å². The first-order valence-electron chi connectivity index (χ1n) is 12.5. The molecule has 0 N–H and O–H groups in total. The van der Waals surface area contributed by atoms with Gasteiger partial charge in [-0.3, -0.25) is 0 Å². The lowest BCUT2D eigenvalue weighted by Gasteiger charge is -2.58. The van der Waals surface area contributed by atoms with Crippen molar-refractivity contribution in [2.75, 3.05) is 0 Å². The number of hydrogen-bond donors (Lipinski definition) is 0. The molecule has 0 bridgehead atoms. The number of unbranched alkanes of at least 4 members (excludes halogenated alkanes) is 1. The highest BCUT2D eigenvalue weighted by molar-refractivity contribution is 5.24. The van der Waals surface area contributed by atoms with Crippen LogP contribution in [0.4, 0.5) is 0 Å². The molecule has 4 rings (SSSR count). The number of fused-ring (bicyclic) bond motifs is 5. The summed E-state index contributed by atoms with van der Waals surface area (Å²) in [5, 5.41) is 0. The van der Waals surface area contributed by atoms with E-state index in [1.807, 2.05) is 5.57 Å². The van der Waals surface area contributed by atoms with Crippen molar-refractivity contribution in [3.05, 3.63) is 11.6 Å². The first-order valence-corrected chi connectivity index (χ1v) is 12.5. The fourth-order valence-electron chi connectivity index (χ4n) is 8.37. The largest absolute Gasteiger partial charge is 0.0845 e. The summed E-state index contributed by atoms with van der Waals surface area (Å²) in [7, 11) is 0. The molecule has 0 saturated heterocycles. The lowest BCUT2D eigenvalue weighted by molar-refractivity contribution is -0.0450. The Bertz CT molecular complexity index is 556.